The lowest BCUT2D eigenvalue weighted by atomic mass is 9.93. The van der Waals surface area contributed by atoms with Crippen LogP contribution >= 0.6 is 12.4 Å². The minimum absolute atomic E-state index is 0. The van der Waals surface area contributed by atoms with E-state index >= 15 is 0 Å². The number of aryl methyl sites for hydroxylation is 1. The molecule has 0 unspecified atom stereocenters. The highest BCUT2D eigenvalue weighted by atomic mass is 35.5. The normalized spacial score (nSPS) is 15.8. The summed E-state index contributed by atoms with van der Waals surface area (Å²) < 4.78 is 2.26. The standard InChI is InChI=1S/C18H31N3O.ClH/c1-13(2)21-14(3)12-17(15(21)4)18(22)20-10-7-16(8-11-20)6-9-19-5;/h12-13,16,19H,6-11H2,1-5H3;1H. The molecule has 0 bridgehead atoms. The van der Waals surface area contributed by atoms with Crippen molar-refractivity contribution >= 4 is 18.3 Å². The van der Waals surface area contributed by atoms with Gasteiger partial charge in [0.1, 0.15) is 0 Å². The van der Waals surface area contributed by atoms with Gasteiger partial charge in [-0.05, 0) is 72.5 Å². The van der Waals surface area contributed by atoms with Gasteiger partial charge in [-0.15, -0.1) is 12.4 Å². The Labute approximate surface area is 147 Å². The molecule has 23 heavy (non-hydrogen) atoms. The number of hydrogen-bond acceptors (Lipinski definition) is 2. The van der Waals surface area contributed by atoms with Gasteiger partial charge in [-0.2, -0.15) is 0 Å². The number of aromatic nitrogens is 1. The minimum Gasteiger partial charge on any atom is -0.346 e. The first-order valence-corrected chi connectivity index (χ1v) is 8.58. The highest BCUT2D eigenvalue weighted by Gasteiger charge is 2.26. The van der Waals surface area contributed by atoms with Crippen molar-refractivity contribution in [1.82, 2.24) is 14.8 Å². The summed E-state index contributed by atoms with van der Waals surface area (Å²) in [6.45, 7) is 11.4. The van der Waals surface area contributed by atoms with Crippen molar-refractivity contribution in [2.75, 3.05) is 26.7 Å². The first-order valence-electron chi connectivity index (χ1n) is 8.58. The SMILES string of the molecule is CNCCC1CCN(C(=O)c2cc(C)n(C(C)C)c2C)CC1.Cl. The van der Waals surface area contributed by atoms with Crippen molar-refractivity contribution in [3.8, 4) is 0 Å². The zero-order valence-corrected chi connectivity index (χ0v) is 16.0. The molecule has 0 radical (unpaired) electrons. The van der Waals surface area contributed by atoms with Crippen LogP contribution in [0, 0.1) is 19.8 Å². The van der Waals surface area contributed by atoms with Crippen molar-refractivity contribution < 1.29 is 4.79 Å². The van der Waals surface area contributed by atoms with Crippen molar-refractivity contribution in [3.05, 3.63) is 23.0 Å². The highest BCUT2D eigenvalue weighted by Crippen LogP contribution is 2.25. The van der Waals surface area contributed by atoms with Gasteiger partial charge in [0.2, 0.25) is 0 Å². The summed E-state index contributed by atoms with van der Waals surface area (Å²) in [6, 6.07) is 2.46. The third kappa shape index (κ3) is 4.51. The lowest BCUT2D eigenvalue weighted by Gasteiger charge is -2.32. The first-order chi connectivity index (χ1) is 10.5. The van der Waals surface area contributed by atoms with Crippen LogP contribution in [0.1, 0.15) is 60.9 Å². The topological polar surface area (TPSA) is 37.3 Å². The van der Waals surface area contributed by atoms with Crippen molar-refractivity contribution in [1.29, 1.82) is 0 Å². The van der Waals surface area contributed by atoms with E-state index in [9.17, 15) is 4.79 Å². The summed E-state index contributed by atoms with van der Waals surface area (Å²) in [4.78, 5) is 14.9. The monoisotopic (exact) mass is 341 g/mol. The summed E-state index contributed by atoms with van der Waals surface area (Å²) in [7, 11) is 2.00. The molecule has 1 aromatic rings. The fraction of sp³-hybridized carbons (Fsp3) is 0.722. The molecule has 132 valence electrons. The maximum absolute atomic E-state index is 12.8. The fourth-order valence-electron chi connectivity index (χ4n) is 3.73. The number of rotatable bonds is 5. The number of hydrogen-bond donors (Lipinski definition) is 1. The highest BCUT2D eigenvalue weighted by molar-refractivity contribution is 5.95. The first kappa shape index (κ1) is 20.0. The van der Waals surface area contributed by atoms with E-state index in [1.807, 2.05) is 11.9 Å². The van der Waals surface area contributed by atoms with E-state index in [1.165, 1.54) is 12.1 Å². The predicted octanol–water partition coefficient (Wildman–Crippen LogP) is 3.57. The zero-order chi connectivity index (χ0) is 16.3. The molecule has 4 nitrogen and oxygen atoms in total. The second kappa shape index (κ2) is 8.74. The molecule has 0 saturated carbocycles. The number of piperidine rings is 1. The van der Waals surface area contributed by atoms with Crippen molar-refractivity contribution in [2.24, 2.45) is 5.92 Å². The van der Waals surface area contributed by atoms with E-state index in [2.05, 4.69) is 43.6 Å². The Morgan fingerprint density at radius 3 is 2.39 bits per heavy atom. The van der Waals surface area contributed by atoms with Crippen LogP contribution in [-0.4, -0.2) is 42.1 Å². The van der Waals surface area contributed by atoms with Gasteiger partial charge in [0.25, 0.3) is 5.91 Å². The van der Waals surface area contributed by atoms with Gasteiger partial charge >= 0.3 is 0 Å². The number of likely N-dealkylation sites (tertiary alicyclic amines) is 1. The van der Waals surface area contributed by atoms with Crippen LogP contribution in [0.2, 0.25) is 0 Å². The summed E-state index contributed by atoms with van der Waals surface area (Å²) in [6.07, 6.45) is 3.49. The molecule has 1 aliphatic heterocycles. The maximum Gasteiger partial charge on any atom is 0.255 e. The van der Waals surface area contributed by atoms with Crippen LogP contribution in [0.25, 0.3) is 0 Å². The molecule has 0 aliphatic carbocycles. The zero-order valence-electron chi connectivity index (χ0n) is 15.2. The van der Waals surface area contributed by atoms with E-state index in [4.69, 9.17) is 0 Å². The Balaban J connectivity index is 0.00000264. The molecule has 1 saturated heterocycles. The lowest BCUT2D eigenvalue weighted by molar-refractivity contribution is 0.0686. The number of nitrogens with one attached hydrogen (secondary N) is 1. The molecule has 0 atom stereocenters. The third-order valence-corrected chi connectivity index (χ3v) is 4.94. The largest absolute Gasteiger partial charge is 0.346 e. The number of amides is 1. The number of nitrogens with zero attached hydrogens (tertiary/aromatic N) is 2. The minimum atomic E-state index is 0. The molecule has 1 fully saturated rings. The Morgan fingerprint density at radius 1 is 1.30 bits per heavy atom. The molecular weight excluding hydrogens is 310 g/mol. The second-order valence-corrected chi connectivity index (χ2v) is 6.88. The summed E-state index contributed by atoms with van der Waals surface area (Å²) in [5, 5.41) is 3.22. The van der Waals surface area contributed by atoms with Crippen LogP contribution in [0.3, 0.4) is 0 Å². The van der Waals surface area contributed by atoms with Gasteiger partial charge in [0.05, 0.1) is 5.56 Å². The van der Waals surface area contributed by atoms with Gasteiger partial charge < -0.3 is 14.8 Å². The van der Waals surface area contributed by atoms with Gasteiger partial charge in [0.15, 0.2) is 0 Å². The van der Waals surface area contributed by atoms with Crippen LogP contribution in [0.4, 0.5) is 0 Å². The second-order valence-electron chi connectivity index (χ2n) is 6.88. The molecule has 0 aromatic carbocycles. The third-order valence-electron chi connectivity index (χ3n) is 4.94. The van der Waals surface area contributed by atoms with Crippen molar-refractivity contribution in [2.45, 2.75) is 53.0 Å². The van der Waals surface area contributed by atoms with Gasteiger partial charge in [0, 0.05) is 30.5 Å². The van der Waals surface area contributed by atoms with Crippen LogP contribution in [0.15, 0.2) is 6.07 Å². The van der Waals surface area contributed by atoms with Crippen molar-refractivity contribution in [3.63, 3.8) is 0 Å². The number of halogens is 1. The van der Waals surface area contributed by atoms with E-state index in [1.54, 1.807) is 0 Å². The van der Waals surface area contributed by atoms with E-state index in [-0.39, 0.29) is 18.3 Å². The molecule has 1 aliphatic rings. The molecule has 1 amide bonds. The number of carbonyl (C=O) groups is 1. The Kier molecular flexibility index (Phi) is 7.62. The quantitative estimate of drug-likeness (QED) is 0.889. The summed E-state index contributed by atoms with van der Waals surface area (Å²) in [5.41, 5.74) is 3.18. The molecule has 2 heterocycles. The lowest BCUT2D eigenvalue weighted by Crippen LogP contribution is -2.39. The van der Waals surface area contributed by atoms with Gasteiger partial charge in [-0.25, -0.2) is 0 Å². The Bertz CT molecular complexity index is 517. The smallest absolute Gasteiger partial charge is 0.255 e. The van der Waals surface area contributed by atoms with E-state index < -0.39 is 0 Å². The Hall–Kier alpha value is -1.00. The van der Waals surface area contributed by atoms with Crippen LogP contribution in [0.5, 0.6) is 0 Å². The predicted molar refractivity (Wildman–Crippen MR) is 98.7 cm³/mol. The molecule has 1 N–H and O–H groups in total. The van der Waals surface area contributed by atoms with Gasteiger partial charge in [-0.1, -0.05) is 0 Å². The number of carbonyl (C=O) groups excluding carboxylic acids is 1. The average molecular weight is 342 g/mol. The summed E-state index contributed by atoms with van der Waals surface area (Å²) in [5.74, 6) is 0.978. The van der Waals surface area contributed by atoms with Crippen LogP contribution in [-0.2, 0) is 0 Å². The Morgan fingerprint density at radius 2 is 1.91 bits per heavy atom. The molecule has 5 heteroatoms. The van der Waals surface area contributed by atoms with Crippen LogP contribution < -0.4 is 5.32 Å². The molecule has 0 spiro atoms. The van der Waals surface area contributed by atoms with E-state index in [0.29, 0.717) is 6.04 Å². The summed E-state index contributed by atoms with van der Waals surface area (Å²) >= 11 is 0. The molecule has 1 aromatic heterocycles. The molecule has 2 rings (SSSR count). The average Bonchev–Trinajstić information content (AvgIpc) is 2.79. The maximum atomic E-state index is 12.8. The van der Waals surface area contributed by atoms with Gasteiger partial charge in [-0.3, -0.25) is 4.79 Å². The van der Waals surface area contributed by atoms with E-state index in [0.717, 1.165) is 49.7 Å². The fourth-order valence-corrected chi connectivity index (χ4v) is 3.73. The molecular formula is C18H32ClN3O.